The first-order valence-electron chi connectivity index (χ1n) is 27.0. The number of halogens is 2. The van der Waals surface area contributed by atoms with E-state index >= 15 is 8.78 Å². The number of amides is 7. The summed E-state index contributed by atoms with van der Waals surface area (Å²) in [5, 5.41) is 22.1. The Morgan fingerprint density at radius 1 is 0.911 bits per heavy atom. The van der Waals surface area contributed by atoms with Gasteiger partial charge in [0, 0.05) is 38.3 Å². The Hall–Kier alpha value is -7.00. The number of nitrogens with two attached hydrogens (primary N) is 1. The van der Waals surface area contributed by atoms with Crippen molar-refractivity contribution in [3.05, 3.63) is 99.7 Å². The van der Waals surface area contributed by atoms with Crippen molar-refractivity contribution in [2.24, 2.45) is 11.1 Å². The predicted octanol–water partition coefficient (Wildman–Crippen LogP) is 6.80. The second-order valence-corrected chi connectivity index (χ2v) is 23.8. The smallest absolute Gasteiger partial charge is 0.408 e. The molecule has 3 aliphatic heterocycles. The number of anilines is 1. The number of thiazole rings is 1. The summed E-state index contributed by atoms with van der Waals surface area (Å²) < 4.78 is 42.4. The third kappa shape index (κ3) is 15.2. The Labute approximate surface area is 463 Å². The summed E-state index contributed by atoms with van der Waals surface area (Å²) in [5.41, 5.74) is 10.7. The van der Waals surface area contributed by atoms with E-state index in [1.54, 1.807) is 58.4 Å². The highest BCUT2D eigenvalue weighted by molar-refractivity contribution is 7.13. The van der Waals surface area contributed by atoms with Crippen LogP contribution in [-0.4, -0.2) is 112 Å². The number of carbonyl (C=O) groups is 7. The van der Waals surface area contributed by atoms with Crippen LogP contribution in [0.5, 0.6) is 5.75 Å². The minimum Gasteiger partial charge on any atom is -0.488 e. The number of hydrogen-bond donors (Lipinski definition) is 6. The molecule has 18 nitrogen and oxygen atoms in total. The molecule has 7 rings (SSSR count). The lowest BCUT2D eigenvalue weighted by atomic mass is 9.85. The molecule has 7 atom stereocenters. The first-order chi connectivity index (χ1) is 37.3. The Morgan fingerprint density at radius 3 is 2.29 bits per heavy atom. The van der Waals surface area contributed by atoms with E-state index in [-0.39, 0.29) is 63.7 Å². The number of β-amino-alcohol motifs (C(OH)–C–C–N with tert-alkyl or cyclic N) is 1. The van der Waals surface area contributed by atoms with E-state index in [2.05, 4.69) is 26.3 Å². The number of hydrogen-bond acceptors (Lipinski definition) is 12. The van der Waals surface area contributed by atoms with Crippen LogP contribution >= 0.6 is 11.3 Å². The van der Waals surface area contributed by atoms with Gasteiger partial charge in [-0.3, -0.25) is 33.7 Å². The van der Waals surface area contributed by atoms with Gasteiger partial charge in [-0.2, -0.15) is 0 Å². The van der Waals surface area contributed by atoms with Crippen LogP contribution in [0.2, 0.25) is 0 Å². The lowest BCUT2D eigenvalue weighted by Gasteiger charge is -2.35. The largest absolute Gasteiger partial charge is 0.488 e. The van der Waals surface area contributed by atoms with Gasteiger partial charge in [-0.25, -0.2) is 18.6 Å². The molecule has 0 bridgehead atoms. The van der Waals surface area contributed by atoms with Gasteiger partial charge in [0.25, 0.3) is 0 Å². The minimum atomic E-state index is -1.05. The standard InChI is InChI=1S/C58H74F2N8O10S/c1-32(34-17-19-36(20-18-34)50-33(2)62-31-79-50)63-52(72)43-28-41(69)29-67(43)55(75)51(57(3,4)5)66-47(71)16-11-9-10-13-37-25-39(59)27-45(48(37)60)77-30-40(22-24-46(61)70)64-53(73)44-26-38-15-12-14-35-21-23-42(54(74)68(44)49(35)38)65-56(76)78-58(6,7)8/h12,14-15,17-20,25,27,31-32,40-44,51,69H,9-11,13,16,21-24,26,28-30H2,1-8H3,(H2,61,70)(H,63,72)(H,64,73)(H,65,76)(H,66,71)/t32-,40-,41+,42-,43-,44-,51+/m0/s1. The summed E-state index contributed by atoms with van der Waals surface area (Å²) in [7, 11) is 0. The van der Waals surface area contributed by atoms with Crippen molar-refractivity contribution in [1.82, 2.24) is 31.2 Å². The van der Waals surface area contributed by atoms with Gasteiger partial charge >= 0.3 is 6.09 Å². The Morgan fingerprint density at radius 2 is 1.62 bits per heavy atom. The number of ether oxygens (including phenoxy) is 2. The maximum absolute atomic E-state index is 16.0. The number of primary amides is 1. The number of aromatic nitrogens is 1. The number of carbonyl (C=O) groups excluding carboxylic acids is 7. The van der Waals surface area contributed by atoms with Crippen LogP contribution < -0.4 is 36.6 Å². The highest BCUT2D eigenvalue weighted by Crippen LogP contribution is 2.39. The molecule has 0 unspecified atom stereocenters. The third-order valence-corrected chi connectivity index (χ3v) is 15.4. The zero-order chi connectivity index (χ0) is 57.5. The molecule has 21 heteroatoms. The van der Waals surface area contributed by atoms with E-state index in [1.807, 2.05) is 56.3 Å². The fourth-order valence-corrected chi connectivity index (χ4v) is 11.2. The number of aliphatic hydroxyl groups is 1. The van der Waals surface area contributed by atoms with Crippen LogP contribution in [-0.2, 0) is 52.8 Å². The molecule has 4 heterocycles. The van der Waals surface area contributed by atoms with Gasteiger partial charge < -0.3 is 46.5 Å². The lowest BCUT2D eigenvalue weighted by molar-refractivity contribution is -0.144. The molecule has 426 valence electrons. The number of likely N-dealkylation sites (tertiary alicyclic amines) is 1. The van der Waals surface area contributed by atoms with Crippen molar-refractivity contribution in [1.29, 1.82) is 0 Å². The molecule has 0 saturated carbocycles. The maximum Gasteiger partial charge on any atom is 0.408 e. The molecule has 4 aromatic rings. The van der Waals surface area contributed by atoms with Gasteiger partial charge in [-0.15, -0.1) is 11.3 Å². The minimum absolute atomic E-state index is 0.0185. The van der Waals surface area contributed by atoms with Crippen LogP contribution in [0.3, 0.4) is 0 Å². The number of unbranched alkanes of at least 4 members (excludes halogenated alkanes) is 2. The predicted molar refractivity (Wildman–Crippen MR) is 294 cm³/mol. The molecule has 7 N–H and O–H groups in total. The van der Waals surface area contributed by atoms with Gasteiger partial charge in [0.15, 0.2) is 11.6 Å². The molecular weight excluding hydrogens is 1040 g/mol. The lowest BCUT2D eigenvalue weighted by Crippen LogP contribution is -2.57. The molecule has 3 aromatic carbocycles. The van der Waals surface area contributed by atoms with Gasteiger partial charge in [0.05, 0.1) is 40.0 Å². The number of aliphatic hydroxyl groups excluding tert-OH is 1. The summed E-state index contributed by atoms with van der Waals surface area (Å²) in [6, 6.07) is 9.91. The number of aryl methyl sites for hydroxylation is 3. The van der Waals surface area contributed by atoms with E-state index in [1.165, 1.54) is 9.80 Å². The molecule has 0 spiro atoms. The second kappa shape index (κ2) is 25.4. The van der Waals surface area contributed by atoms with Crippen LogP contribution in [0.15, 0.2) is 60.1 Å². The van der Waals surface area contributed by atoms with Gasteiger partial charge in [0.2, 0.25) is 35.4 Å². The number of para-hydroxylation sites is 1. The molecular formula is C58H74F2N8O10S. The first-order valence-corrected chi connectivity index (χ1v) is 27.9. The monoisotopic (exact) mass is 1110 g/mol. The van der Waals surface area contributed by atoms with Crippen LogP contribution in [0.25, 0.3) is 10.4 Å². The Balaban J connectivity index is 0.915. The Bertz CT molecular complexity index is 2900. The van der Waals surface area contributed by atoms with Crippen molar-refractivity contribution in [2.75, 3.05) is 18.1 Å². The van der Waals surface area contributed by atoms with Gasteiger partial charge in [-0.1, -0.05) is 69.7 Å². The molecule has 79 heavy (non-hydrogen) atoms. The number of rotatable bonds is 21. The van der Waals surface area contributed by atoms with Crippen molar-refractivity contribution < 1.29 is 56.9 Å². The molecule has 1 fully saturated rings. The van der Waals surface area contributed by atoms with Crippen LogP contribution in [0, 0.1) is 24.0 Å². The average Bonchev–Trinajstić information content (AvgIpc) is 4.25. The van der Waals surface area contributed by atoms with Crippen molar-refractivity contribution in [2.45, 2.75) is 174 Å². The topological polar surface area (TPSA) is 252 Å². The van der Waals surface area contributed by atoms with Crippen LogP contribution in [0.1, 0.15) is 134 Å². The number of nitrogens with zero attached hydrogens (tertiary/aromatic N) is 3. The highest BCUT2D eigenvalue weighted by atomic mass is 32.1. The summed E-state index contributed by atoms with van der Waals surface area (Å²) in [4.78, 5) is 103. The summed E-state index contributed by atoms with van der Waals surface area (Å²) in [6.07, 6.45) is 0.242. The molecule has 7 amide bonds. The van der Waals surface area contributed by atoms with Gasteiger partial charge in [-0.05, 0) is 112 Å². The molecule has 0 aliphatic carbocycles. The highest BCUT2D eigenvalue weighted by Gasteiger charge is 2.46. The average molecular weight is 1110 g/mol. The summed E-state index contributed by atoms with van der Waals surface area (Å²) >= 11 is 1.55. The molecule has 0 radical (unpaired) electrons. The van der Waals surface area contributed by atoms with E-state index in [0.29, 0.717) is 31.4 Å². The summed E-state index contributed by atoms with van der Waals surface area (Å²) in [5.74, 6) is -5.10. The molecule has 3 aliphatic rings. The normalized spacial score (nSPS) is 19.2. The third-order valence-electron chi connectivity index (χ3n) is 14.4. The first kappa shape index (κ1) is 59.7. The fourth-order valence-electron chi connectivity index (χ4n) is 10.4. The zero-order valence-corrected chi connectivity index (χ0v) is 47.0. The summed E-state index contributed by atoms with van der Waals surface area (Å²) in [6.45, 7) is 13.8. The second-order valence-electron chi connectivity index (χ2n) is 22.9. The molecule has 1 saturated heterocycles. The molecule has 1 aromatic heterocycles. The van der Waals surface area contributed by atoms with E-state index < -0.39 is 112 Å². The van der Waals surface area contributed by atoms with Crippen molar-refractivity contribution in [3.63, 3.8) is 0 Å². The quantitative estimate of drug-likeness (QED) is 0.0474. The van der Waals surface area contributed by atoms with E-state index in [0.717, 1.165) is 45.0 Å². The maximum atomic E-state index is 16.0. The van der Waals surface area contributed by atoms with E-state index in [4.69, 9.17) is 15.2 Å². The fraction of sp³-hybridized carbons (Fsp3) is 0.517. The number of nitrogens with one attached hydrogen (secondary N) is 4. The van der Waals surface area contributed by atoms with Gasteiger partial charge in [0.1, 0.15) is 42.2 Å². The van der Waals surface area contributed by atoms with E-state index in [9.17, 15) is 38.7 Å². The number of alkyl carbamates (subject to hydrolysis) is 1. The Kier molecular flexibility index (Phi) is 19.2. The number of benzene rings is 3. The van der Waals surface area contributed by atoms with Crippen molar-refractivity contribution in [3.8, 4) is 16.2 Å². The van der Waals surface area contributed by atoms with Crippen molar-refractivity contribution >= 4 is 58.6 Å². The van der Waals surface area contributed by atoms with Crippen LogP contribution in [0.4, 0.5) is 19.3 Å². The SMILES string of the molecule is Cc1ncsc1-c1ccc([C@H](C)NC(=O)[C@@H]2C[C@@H](O)CN2C(=O)[C@@H](NC(=O)CCCCCc2cc(F)cc(OC[C@H](CCC(N)=O)NC(=O)[C@@H]3Cc4cccc5c4N3C(=O)[C@@H](NC(=O)OC(C)(C)C)CC5)c2F)C(C)(C)C)cc1. The zero-order valence-electron chi connectivity index (χ0n) is 46.2.